The molecule has 0 aliphatic carbocycles. The SMILES string of the molecule is N#CC1=C(O)/C(=C/c2ccc(Cl)c(Cl)c2)N=C1N. The Morgan fingerprint density at radius 1 is 1.33 bits per heavy atom. The van der Waals surface area contributed by atoms with Gasteiger partial charge < -0.3 is 10.8 Å². The topological polar surface area (TPSA) is 82.4 Å². The van der Waals surface area contributed by atoms with Gasteiger partial charge >= 0.3 is 0 Å². The highest BCUT2D eigenvalue weighted by atomic mass is 35.5. The molecule has 0 amide bonds. The summed E-state index contributed by atoms with van der Waals surface area (Å²) in [5.41, 5.74) is 6.39. The van der Waals surface area contributed by atoms with E-state index in [0.717, 1.165) is 0 Å². The average molecular weight is 280 g/mol. The summed E-state index contributed by atoms with van der Waals surface area (Å²) in [5, 5.41) is 19.3. The van der Waals surface area contributed by atoms with Gasteiger partial charge in [-0.3, -0.25) is 0 Å². The highest BCUT2D eigenvalue weighted by molar-refractivity contribution is 6.42. The standard InChI is InChI=1S/C12H7Cl2N3O/c13-8-2-1-6(3-9(8)14)4-10-11(18)7(5-15)12(16)17-10/h1-4,18H,(H2,16,17)/b10-4-. The van der Waals surface area contributed by atoms with Crippen LogP contribution >= 0.6 is 23.2 Å². The van der Waals surface area contributed by atoms with Crippen LogP contribution in [0.5, 0.6) is 0 Å². The molecule has 1 aliphatic heterocycles. The van der Waals surface area contributed by atoms with Crippen LogP contribution < -0.4 is 5.73 Å². The number of aliphatic imine (C=N–C) groups is 1. The van der Waals surface area contributed by atoms with Gasteiger partial charge in [0.25, 0.3) is 0 Å². The summed E-state index contributed by atoms with van der Waals surface area (Å²) >= 11 is 11.7. The third-order valence-electron chi connectivity index (χ3n) is 2.34. The van der Waals surface area contributed by atoms with Gasteiger partial charge in [-0.15, -0.1) is 0 Å². The van der Waals surface area contributed by atoms with E-state index < -0.39 is 0 Å². The first kappa shape index (κ1) is 12.5. The molecule has 4 nitrogen and oxygen atoms in total. The third kappa shape index (κ3) is 2.19. The van der Waals surface area contributed by atoms with Crippen molar-refractivity contribution in [2.45, 2.75) is 0 Å². The fourth-order valence-electron chi connectivity index (χ4n) is 1.46. The van der Waals surface area contributed by atoms with E-state index in [0.29, 0.717) is 15.6 Å². The molecule has 1 aliphatic rings. The Hall–Kier alpha value is -1.96. The summed E-state index contributed by atoms with van der Waals surface area (Å²) < 4.78 is 0. The molecular weight excluding hydrogens is 273 g/mol. The van der Waals surface area contributed by atoms with Crippen molar-refractivity contribution in [1.29, 1.82) is 5.26 Å². The lowest BCUT2D eigenvalue weighted by atomic mass is 10.1. The lowest BCUT2D eigenvalue weighted by Gasteiger charge is -1.99. The van der Waals surface area contributed by atoms with Gasteiger partial charge in [-0.25, -0.2) is 4.99 Å². The molecule has 1 aromatic carbocycles. The van der Waals surface area contributed by atoms with E-state index in [2.05, 4.69) is 4.99 Å². The van der Waals surface area contributed by atoms with Crippen molar-refractivity contribution >= 4 is 35.1 Å². The number of nitriles is 1. The molecule has 1 aromatic rings. The molecule has 0 unspecified atom stereocenters. The summed E-state index contributed by atoms with van der Waals surface area (Å²) in [6.45, 7) is 0. The lowest BCUT2D eigenvalue weighted by molar-refractivity contribution is 0.424. The molecule has 18 heavy (non-hydrogen) atoms. The van der Waals surface area contributed by atoms with Crippen molar-refractivity contribution in [3.8, 4) is 6.07 Å². The van der Waals surface area contributed by atoms with E-state index in [4.69, 9.17) is 34.2 Å². The smallest absolute Gasteiger partial charge is 0.162 e. The van der Waals surface area contributed by atoms with Gasteiger partial charge in [0, 0.05) is 0 Å². The normalized spacial score (nSPS) is 16.9. The molecule has 90 valence electrons. The Morgan fingerprint density at radius 2 is 2.06 bits per heavy atom. The Kier molecular flexibility index (Phi) is 3.28. The molecule has 0 atom stereocenters. The number of aliphatic hydroxyl groups excluding tert-OH is 1. The van der Waals surface area contributed by atoms with Crippen molar-refractivity contribution in [3.05, 3.63) is 50.8 Å². The van der Waals surface area contributed by atoms with Crippen LogP contribution in [0.3, 0.4) is 0 Å². The van der Waals surface area contributed by atoms with Crippen LogP contribution in [0.1, 0.15) is 5.56 Å². The minimum atomic E-state index is -0.235. The number of hydrogen-bond donors (Lipinski definition) is 2. The summed E-state index contributed by atoms with van der Waals surface area (Å²) in [6, 6.07) is 6.75. The number of rotatable bonds is 1. The zero-order chi connectivity index (χ0) is 13.3. The number of aliphatic hydroxyl groups is 1. The second-order valence-corrected chi connectivity index (χ2v) is 4.35. The minimum Gasteiger partial charge on any atom is -0.504 e. The van der Waals surface area contributed by atoms with Crippen LogP contribution in [0, 0.1) is 11.3 Å². The van der Waals surface area contributed by atoms with Crippen molar-refractivity contribution in [3.63, 3.8) is 0 Å². The molecule has 0 aromatic heterocycles. The maximum absolute atomic E-state index is 9.74. The van der Waals surface area contributed by atoms with Crippen molar-refractivity contribution in [2.75, 3.05) is 0 Å². The van der Waals surface area contributed by atoms with Crippen LogP contribution in [-0.4, -0.2) is 10.9 Å². The quantitative estimate of drug-likeness (QED) is 0.829. The van der Waals surface area contributed by atoms with Crippen LogP contribution in [0.15, 0.2) is 40.2 Å². The number of hydrogen-bond acceptors (Lipinski definition) is 4. The second kappa shape index (κ2) is 4.73. The molecule has 0 saturated heterocycles. The molecule has 0 saturated carbocycles. The maximum atomic E-state index is 9.74. The molecule has 0 radical (unpaired) electrons. The second-order valence-electron chi connectivity index (χ2n) is 3.54. The molecule has 0 bridgehead atoms. The van der Waals surface area contributed by atoms with Crippen molar-refractivity contribution in [1.82, 2.24) is 0 Å². The fourth-order valence-corrected chi connectivity index (χ4v) is 1.77. The van der Waals surface area contributed by atoms with Gasteiger partial charge in [0.15, 0.2) is 5.76 Å². The third-order valence-corrected chi connectivity index (χ3v) is 3.07. The summed E-state index contributed by atoms with van der Waals surface area (Å²) in [6.07, 6.45) is 1.56. The summed E-state index contributed by atoms with van der Waals surface area (Å²) in [4.78, 5) is 3.90. The van der Waals surface area contributed by atoms with Crippen LogP contribution in [0.25, 0.3) is 6.08 Å². The largest absolute Gasteiger partial charge is 0.504 e. The van der Waals surface area contributed by atoms with Gasteiger partial charge in [0.2, 0.25) is 0 Å². The van der Waals surface area contributed by atoms with Gasteiger partial charge in [-0.05, 0) is 23.8 Å². The number of benzene rings is 1. The fraction of sp³-hybridized carbons (Fsp3) is 0. The van der Waals surface area contributed by atoms with Gasteiger partial charge in [-0.1, -0.05) is 29.3 Å². The Morgan fingerprint density at radius 3 is 2.61 bits per heavy atom. The molecule has 1 heterocycles. The average Bonchev–Trinajstić information content (AvgIpc) is 2.59. The highest BCUT2D eigenvalue weighted by Gasteiger charge is 2.21. The van der Waals surface area contributed by atoms with E-state index in [1.165, 1.54) is 0 Å². The molecule has 0 spiro atoms. The minimum absolute atomic E-state index is 0.00121. The lowest BCUT2D eigenvalue weighted by Crippen LogP contribution is -2.10. The van der Waals surface area contributed by atoms with Crippen LogP contribution in [-0.2, 0) is 0 Å². The van der Waals surface area contributed by atoms with E-state index in [-0.39, 0.29) is 22.9 Å². The number of halogens is 2. The summed E-state index contributed by atoms with van der Waals surface area (Å²) in [7, 11) is 0. The Labute approximate surface area is 113 Å². The van der Waals surface area contributed by atoms with Crippen molar-refractivity contribution in [2.24, 2.45) is 10.7 Å². The Bertz CT molecular complexity index is 654. The van der Waals surface area contributed by atoms with Gasteiger partial charge in [0.1, 0.15) is 23.2 Å². The molecule has 0 fully saturated rings. The van der Waals surface area contributed by atoms with Gasteiger partial charge in [0.05, 0.1) is 10.0 Å². The first-order chi connectivity index (χ1) is 8.52. The Balaban J connectivity index is 2.45. The van der Waals surface area contributed by atoms with E-state index in [1.807, 2.05) is 0 Å². The zero-order valence-corrected chi connectivity index (χ0v) is 10.5. The molecule has 2 rings (SSSR count). The number of nitrogens with two attached hydrogens (primary N) is 1. The predicted octanol–water partition coefficient (Wildman–Crippen LogP) is 3.04. The van der Waals surface area contributed by atoms with Crippen LogP contribution in [0.2, 0.25) is 10.0 Å². The van der Waals surface area contributed by atoms with E-state index in [1.54, 1.807) is 30.3 Å². The molecular formula is C12H7Cl2N3O. The number of nitrogens with zero attached hydrogens (tertiary/aromatic N) is 2. The number of amidine groups is 1. The predicted molar refractivity (Wildman–Crippen MR) is 71.3 cm³/mol. The zero-order valence-electron chi connectivity index (χ0n) is 8.98. The maximum Gasteiger partial charge on any atom is 0.162 e. The van der Waals surface area contributed by atoms with E-state index in [9.17, 15) is 5.11 Å². The molecule has 3 N–H and O–H groups in total. The molecule has 6 heteroatoms. The van der Waals surface area contributed by atoms with E-state index >= 15 is 0 Å². The highest BCUT2D eigenvalue weighted by Crippen LogP contribution is 2.27. The first-order valence-corrected chi connectivity index (χ1v) is 5.63. The van der Waals surface area contributed by atoms with Crippen molar-refractivity contribution < 1.29 is 5.11 Å². The summed E-state index contributed by atoms with van der Waals surface area (Å²) in [5.74, 6) is -0.234. The first-order valence-electron chi connectivity index (χ1n) is 4.88. The monoisotopic (exact) mass is 279 g/mol. The van der Waals surface area contributed by atoms with Gasteiger partial charge in [-0.2, -0.15) is 5.26 Å². The van der Waals surface area contributed by atoms with Crippen LogP contribution in [0.4, 0.5) is 0 Å².